The zero-order valence-corrected chi connectivity index (χ0v) is 8.22. The molecule has 80 valence electrons. The highest BCUT2D eigenvalue weighted by Crippen LogP contribution is 2.37. The molecule has 0 aromatic heterocycles. The molecule has 0 aliphatic carbocycles. The number of nitrogens with zero attached hydrogens (tertiary/aromatic N) is 1. The monoisotopic (exact) mass is 211 g/mol. The summed E-state index contributed by atoms with van der Waals surface area (Å²) in [6.07, 6.45) is 0.564. The van der Waals surface area contributed by atoms with Gasteiger partial charge in [0.15, 0.2) is 0 Å². The van der Waals surface area contributed by atoms with E-state index in [0.29, 0.717) is 6.29 Å². The van der Waals surface area contributed by atoms with Crippen LogP contribution in [0.25, 0.3) is 0 Å². The molecule has 0 atom stereocenters. The molecule has 15 heavy (non-hydrogen) atoms. The number of nitro groups is 1. The number of aldehydes is 1. The van der Waals surface area contributed by atoms with Crippen molar-refractivity contribution in [3.63, 3.8) is 0 Å². The van der Waals surface area contributed by atoms with Crippen LogP contribution in [0.5, 0.6) is 11.5 Å². The molecule has 0 saturated carbocycles. The van der Waals surface area contributed by atoms with Crippen molar-refractivity contribution in [1.82, 2.24) is 0 Å². The Morgan fingerprint density at radius 1 is 1.27 bits per heavy atom. The number of hydrogen-bond acceptors (Lipinski definition) is 5. The maximum Gasteiger partial charge on any atom is 0.352 e. The first-order valence-electron chi connectivity index (χ1n) is 3.99. The van der Waals surface area contributed by atoms with Crippen LogP contribution in [-0.4, -0.2) is 25.4 Å². The normalized spacial score (nSPS) is 9.47. The van der Waals surface area contributed by atoms with Gasteiger partial charge in [-0.15, -0.1) is 0 Å². The second-order valence-electron chi connectivity index (χ2n) is 2.65. The second-order valence-corrected chi connectivity index (χ2v) is 2.65. The number of rotatable bonds is 4. The quantitative estimate of drug-likeness (QED) is 0.427. The van der Waals surface area contributed by atoms with Crippen LogP contribution in [0, 0.1) is 10.1 Å². The summed E-state index contributed by atoms with van der Waals surface area (Å²) < 4.78 is 9.62. The average molecular weight is 211 g/mol. The van der Waals surface area contributed by atoms with Gasteiger partial charge in [-0.25, -0.2) is 0 Å². The molecule has 0 heterocycles. The van der Waals surface area contributed by atoms with Crippen molar-refractivity contribution in [2.75, 3.05) is 14.2 Å². The summed E-state index contributed by atoms with van der Waals surface area (Å²) in [5.74, 6) is 0.00269. The maximum atomic E-state index is 10.7. The van der Waals surface area contributed by atoms with E-state index in [-0.39, 0.29) is 22.7 Å². The molecule has 0 bridgehead atoms. The van der Waals surface area contributed by atoms with E-state index in [1.54, 1.807) is 0 Å². The van der Waals surface area contributed by atoms with Crippen LogP contribution >= 0.6 is 0 Å². The van der Waals surface area contributed by atoms with Crippen molar-refractivity contribution in [3.8, 4) is 11.5 Å². The summed E-state index contributed by atoms with van der Waals surface area (Å²) in [7, 11) is 2.58. The highest BCUT2D eigenvalue weighted by Gasteiger charge is 2.22. The Balaban J connectivity index is 3.45. The third kappa shape index (κ3) is 2.04. The van der Waals surface area contributed by atoms with Gasteiger partial charge in [-0.2, -0.15) is 0 Å². The fraction of sp³-hybridized carbons (Fsp3) is 0.222. The summed E-state index contributed by atoms with van der Waals surface area (Å²) in [5, 5.41) is 10.7. The van der Waals surface area contributed by atoms with Crippen molar-refractivity contribution in [3.05, 3.63) is 27.8 Å². The number of nitro benzene ring substituents is 1. The molecule has 1 aromatic carbocycles. The first kappa shape index (κ1) is 11.0. The number of hydrogen-bond donors (Lipinski definition) is 0. The Kier molecular flexibility index (Phi) is 3.22. The van der Waals surface area contributed by atoms with Crippen molar-refractivity contribution >= 4 is 12.0 Å². The van der Waals surface area contributed by atoms with E-state index in [4.69, 9.17) is 9.47 Å². The van der Waals surface area contributed by atoms with E-state index in [2.05, 4.69) is 0 Å². The highest BCUT2D eigenvalue weighted by atomic mass is 16.6. The molecule has 0 saturated heterocycles. The van der Waals surface area contributed by atoms with Crippen molar-refractivity contribution in [2.24, 2.45) is 0 Å². The molecule has 0 N–H and O–H groups in total. The Morgan fingerprint density at radius 3 is 2.00 bits per heavy atom. The summed E-state index contributed by atoms with van der Waals surface area (Å²) in [6, 6.07) is 2.57. The van der Waals surface area contributed by atoms with Crippen molar-refractivity contribution in [2.45, 2.75) is 0 Å². The highest BCUT2D eigenvalue weighted by molar-refractivity contribution is 5.79. The minimum atomic E-state index is -0.619. The molecule has 1 aromatic rings. The molecular formula is C9H9NO5. The van der Waals surface area contributed by atoms with Crippen LogP contribution in [0.1, 0.15) is 10.4 Å². The zero-order chi connectivity index (χ0) is 11.4. The Bertz CT molecular complexity index is 376. The lowest BCUT2D eigenvalue weighted by Gasteiger charge is -2.06. The van der Waals surface area contributed by atoms with Crippen LogP contribution in [0.3, 0.4) is 0 Å². The fourth-order valence-electron chi connectivity index (χ4n) is 1.16. The summed E-state index contributed by atoms with van der Waals surface area (Å²) in [6.45, 7) is 0. The minimum absolute atomic E-state index is 0.00134. The van der Waals surface area contributed by atoms with Gasteiger partial charge < -0.3 is 9.47 Å². The largest absolute Gasteiger partial charge is 0.490 e. The lowest BCUT2D eigenvalue weighted by molar-refractivity contribution is -0.386. The summed E-state index contributed by atoms with van der Waals surface area (Å²) in [4.78, 5) is 20.6. The van der Waals surface area contributed by atoms with Crippen LogP contribution in [-0.2, 0) is 0 Å². The van der Waals surface area contributed by atoms with E-state index < -0.39 is 4.92 Å². The first-order chi connectivity index (χ1) is 7.13. The number of ether oxygens (including phenoxy) is 2. The van der Waals surface area contributed by atoms with Gasteiger partial charge in [-0.1, -0.05) is 0 Å². The maximum absolute atomic E-state index is 10.7. The molecule has 0 fully saturated rings. The van der Waals surface area contributed by atoms with Gasteiger partial charge in [0.1, 0.15) is 6.29 Å². The molecule has 0 aliphatic heterocycles. The van der Waals surface area contributed by atoms with Gasteiger partial charge in [0.2, 0.25) is 11.5 Å². The summed E-state index contributed by atoms with van der Waals surface area (Å²) in [5.41, 5.74) is -0.0279. The van der Waals surface area contributed by atoms with E-state index >= 15 is 0 Å². The van der Waals surface area contributed by atoms with Crippen LogP contribution < -0.4 is 9.47 Å². The third-order valence-corrected chi connectivity index (χ3v) is 1.82. The van der Waals surface area contributed by atoms with Gasteiger partial charge in [-0.3, -0.25) is 14.9 Å². The Morgan fingerprint density at radius 2 is 1.73 bits per heavy atom. The summed E-state index contributed by atoms with van der Waals surface area (Å²) >= 11 is 0. The number of methoxy groups -OCH3 is 2. The topological polar surface area (TPSA) is 78.7 Å². The van der Waals surface area contributed by atoms with Crippen LogP contribution in [0.2, 0.25) is 0 Å². The molecule has 0 unspecified atom stereocenters. The molecule has 0 spiro atoms. The zero-order valence-electron chi connectivity index (χ0n) is 8.22. The predicted octanol–water partition coefficient (Wildman–Crippen LogP) is 1.42. The van der Waals surface area contributed by atoms with E-state index in [1.165, 1.54) is 26.4 Å². The fourth-order valence-corrected chi connectivity index (χ4v) is 1.16. The molecule has 0 radical (unpaired) electrons. The predicted molar refractivity (Wildman–Crippen MR) is 51.6 cm³/mol. The van der Waals surface area contributed by atoms with Gasteiger partial charge >= 0.3 is 5.69 Å². The van der Waals surface area contributed by atoms with Gasteiger partial charge in [0.05, 0.1) is 19.1 Å². The van der Waals surface area contributed by atoms with Crippen molar-refractivity contribution in [1.29, 1.82) is 0 Å². The molecule has 6 heteroatoms. The molecular weight excluding hydrogens is 202 g/mol. The van der Waals surface area contributed by atoms with Gasteiger partial charge in [-0.05, 0) is 12.1 Å². The number of carbonyl (C=O) groups excluding carboxylic acids is 1. The average Bonchev–Trinajstić information content (AvgIpc) is 2.26. The SMILES string of the molecule is COc1cc(C=O)cc(OC)c1[N+](=O)[O-]. The standard InChI is InChI=1S/C9H9NO5/c1-14-7-3-6(5-11)4-8(15-2)9(7)10(12)13/h3-5H,1-2H3. The van der Waals surface area contributed by atoms with Crippen molar-refractivity contribution < 1.29 is 19.2 Å². The molecule has 0 amide bonds. The Labute approximate surface area is 85.6 Å². The van der Waals surface area contributed by atoms with E-state index in [1.807, 2.05) is 0 Å². The van der Waals surface area contributed by atoms with E-state index in [0.717, 1.165) is 0 Å². The lowest BCUT2D eigenvalue weighted by atomic mass is 10.2. The minimum Gasteiger partial charge on any atom is -0.490 e. The third-order valence-electron chi connectivity index (χ3n) is 1.82. The first-order valence-corrected chi connectivity index (χ1v) is 3.99. The van der Waals surface area contributed by atoms with Gasteiger partial charge in [0, 0.05) is 5.56 Å². The molecule has 0 aliphatic rings. The van der Waals surface area contributed by atoms with E-state index in [9.17, 15) is 14.9 Å². The number of benzene rings is 1. The Hall–Kier alpha value is -2.11. The van der Waals surface area contributed by atoms with Gasteiger partial charge in [0.25, 0.3) is 0 Å². The second kappa shape index (κ2) is 4.41. The van der Waals surface area contributed by atoms with Crippen LogP contribution in [0.4, 0.5) is 5.69 Å². The smallest absolute Gasteiger partial charge is 0.352 e. The molecule has 1 rings (SSSR count). The van der Waals surface area contributed by atoms with Crippen LogP contribution in [0.15, 0.2) is 12.1 Å². The number of carbonyl (C=O) groups is 1. The molecule has 6 nitrogen and oxygen atoms in total. The lowest BCUT2D eigenvalue weighted by Crippen LogP contribution is -1.99.